The molecular formula is C22H21N5O2. The van der Waals surface area contributed by atoms with Crippen molar-refractivity contribution in [1.29, 1.82) is 0 Å². The highest BCUT2D eigenvalue weighted by molar-refractivity contribution is 6.00. The van der Waals surface area contributed by atoms with Gasteiger partial charge in [0, 0.05) is 5.56 Å². The summed E-state index contributed by atoms with van der Waals surface area (Å²) in [6.07, 6.45) is 2.76. The number of nitrogens with one attached hydrogen (secondary N) is 1. The Bertz CT molecular complexity index is 1230. The minimum absolute atomic E-state index is 0.000188. The summed E-state index contributed by atoms with van der Waals surface area (Å²) in [7, 11) is 0. The number of hydrogen-bond donors (Lipinski definition) is 1. The molecule has 0 radical (unpaired) electrons. The van der Waals surface area contributed by atoms with Crippen LogP contribution in [0.15, 0.2) is 71.9 Å². The first-order chi connectivity index (χ1) is 13.8. The number of para-hydroxylation sites is 1. The molecule has 2 heterocycles. The topological polar surface area (TPSA) is 81.8 Å². The summed E-state index contributed by atoms with van der Waals surface area (Å²) in [6, 6.07) is 16.8. The Hall–Kier alpha value is -3.74. The zero-order chi connectivity index (χ0) is 20.6. The lowest BCUT2D eigenvalue weighted by atomic mass is 9.87. The van der Waals surface area contributed by atoms with Crippen LogP contribution in [0.3, 0.4) is 0 Å². The second-order valence-electron chi connectivity index (χ2n) is 7.82. The number of carbonyl (C=O) groups excluding carboxylic acids is 1. The second-order valence-corrected chi connectivity index (χ2v) is 7.82. The van der Waals surface area contributed by atoms with Crippen LogP contribution in [-0.2, 0) is 5.41 Å². The lowest BCUT2D eigenvalue weighted by molar-refractivity contribution is 0.101. The molecule has 0 saturated carbocycles. The molecule has 0 bridgehead atoms. The van der Waals surface area contributed by atoms with Gasteiger partial charge in [0.25, 0.3) is 11.5 Å². The van der Waals surface area contributed by atoms with Gasteiger partial charge in [0.15, 0.2) is 5.65 Å². The van der Waals surface area contributed by atoms with E-state index in [0.717, 1.165) is 15.9 Å². The normalized spacial score (nSPS) is 11.6. The van der Waals surface area contributed by atoms with Crippen LogP contribution < -0.4 is 11.0 Å². The van der Waals surface area contributed by atoms with Gasteiger partial charge in [-0.2, -0.15) is 5.10 Å². The monoisotopic (exact) mass is 387 g/mol. The smallest absolute Gasteiger partial charge is 0.267 e. The van der Waals surface area contributed by atoms with Crippen molar-refractivity contribution in [3.05, 3.63) is 88.6 Å². The zero-order valence-corrected chi connectivity index (χ0v) is 16.5. The minimum Gasteiger partial charge on any atom is -0.267 e. The maximum atomic E-state index is 12.8. The van der Waals surface area contributed by atoms with E-state index in [1.807, 2.05) is 42.5 Å². The van der Waals surface area contributed by atoms with Gasteiger partial charge in [0.1, 0.15) is 11.7 Å². The number of carbonyl (C=O) groups is 1. The maximum Gasteiger partial charge on any atom is 0.283 e. The van der Waals surface area contributed by atoms with Gasteiger partial charge in [-0.05, 0) is 35.2 Å². The largest absolute Gasteiger partial charge is 0.283 e. The molecule has 0 fully saturated rings. The first kappa shape index (κ1) is 18.6. The number of rotatable bonds is 3. The van der Waals surface area contributed by atoms with Gasteiger partial charge in [-0.15, -0.1) is 0 Å². The van der Waals surface area contributed by atoms with Gasteiger partial charge in [0.05, 0.1) is 11.9 Å². The summed E-state index contributed by atoms with van der Waals surface area (Å²) in [5.41, 5.74) is 5.02. The van der Waals surface area contributed by atoms with Crippen LogP contribution in [0.5, 0.6) is 0 Å². The average Bonchev–Trinajstić information content (AvgIpc) is 3.15. The molecule has 1 N–H and O–H groups in total. The number of nitrogens with zero attached hydrogens (tertiary/aromatic N) is 4. The summed E-state index contributed by atoms with van der Waals surface area (Å²) in [5, 5.41) is 4.58. The molecule has 2 aromatic heterocycles. The number of benzene rings is 2. The van der Waals surface area contributed by atoms with E-state index in [-0.39, 0.29) is 11.3 Å². The van der Waals surface area contributed by atoms with Gasteiger partial charge in [-0.1, -0.05) is 51.1 Å². The van der Waals surface area contributed by atoms with Gasteiger partial charge in [-0.25, -0.2) is 14.3 Å². The Kier molecular flexibility index (Phi) is 4.50. The van der Waals surface area contributed by atoms with Crippen molar-refractivity contribution in [2.75, 3.05) is 5.43 Å². The highest BCUT2D eigenvalue weighted by atomic mass is 16.2. The van der Waals surface area contributed by atoms with Gasteiger partial charge < -0.3 is 0 Å². The number of aromatic nitrogens is 4. The molecule has 7 nitrogen and oxygen atoms in total. The standard InChI is InChI=1S/C22H21N5O2/c1-22(2,3)16-11-9-15(10-12-16)20(28)25-26-14-23-19-18(21(26)29)13-24-27(19)17-7-5-4-6-8-17/h4-14H,1-3H3,(H,25,28). The summed E-state index contributed by atoms with van der Waals surface area (Å²) >= 11 is 0. The molecule has 0 aliphatic carbocycles. The molecule has 0 spiro atoms. The third-order valence-corrected chi connectivity index (χ3v) is 4.72. The molecule has 0 atom stereocenters. The van der Waals surface area contributed by atoms with E-state index < -0.39 is 5.56 Å². The lowest BCUT2D eigenvalue weighted by Gasteiger charge is -2.19. The van der Waals surface area contributed by atoms with Crippen LogP contribution in [0, 0.1) is 0 Å². The van der Waals surface area contributed by atoms with Gasteiger partial charge in [-0.3, -0.25) is 15.0 Å². The molecule has 4 aromatic rings. The molecule has 7 heteroatoms. The fourth-order valence-electron chi connectivity index (χ4n) is 3.05. The Morgan fingerprint density at radius 1 is 1.00 bits per heavy atom. The molecule has 0 aliphatic rings. The molecule has 1 amide bonds. The first-order valence-corrected chi connectivity index (χ1v) is 9.27. The van der Waals surface area contributed by atoms with E-state index >= 15 is 0 Å². The zero-order valence-electron chi connectivity index (χ0n) is 16.5. The molecule has 2 aromatic carbocycles. The Morgan fingerprint density at radius 2 is 1.69 bits per heavy atom. The van der Waals surface area contributed by atoms with Crippen molar-refractivity contribution in [3.63, 3.8) is 0 Å². The predicted molar refractivity (Wildman–Crippen MR) is 112 cm³/mol. The third-order valence-electron chi connectivity index (χ3n) is 4.72. The summed E-state index contributed by atoms with van der Waals surface area (Å²) in [4.78, 5) is 29.7. The van der Waals surface area contributed by atoms with Crippen LogP contribution in [0.2, 0.25) is 0 Å². The maximum absolute atomic E-state index is 12.8. The Labute approximate surface area is 167 Å². The molecule has 0 unspecified atom stereocenters. The van der Waals surface area contributed by atoms with Crippen LogP contribution in [0.25, 0.3) is 16.7 Å². The van der Waals surface area contributed by atoms with Crippen LogP contribution in [0.1, 0.15) is 36.7 Å². The highest BCUT2D eigenvalue weighted by Crippen LogP contribution is 2.22. The quantitative estimate of drug-likeness (QED) is 0.585. The molecule has 0 aliphatic heterocycles. The molecule has 29 heavy (non-hydrogen) atoms. The van der Waals surface area contributed by atoms with E-state index in [1.165, 1.54) is 12.5 Å². The second kappa shape index (κ2) is 7.01. The van der Waals surface area contributed by atoms with Gasteiger partial charge >= 0.3 is 0 Å². The van der Waals surface area contributed by atoms with Crippen molar-refractivity contribution in [3.8, 4) is 5.69 Å². The predicted octanol–water partition coefficient (Wildman–Crippen LogP) is 3.26. The summed E-state index contributed by atoms with van der Waals surface area (Å²) in [5.74, 6) is -0.385. The van der Waals surface area contributed by atoms with Crippen molar-refractivity contribution in [2.24, 2.45) is 0 Å². The number of hydrogen-bond acceptors (Lipinski definition) is 4. The van der Waals surface area contributed by atoms with Crippen molar-refractivity contribution >= 4 is 16.9 Å². The minimum atomic E-state index is -0.392. The third kappa shape index (κ3) is 3.54. The Morgan fingerprint density at radius 3 is 2.34 bits per heavy atom. The van der Waals surface area contributed by atoms with Crippen molar-refractivity contribution in [1.82, 2.24) is 19.4 Å². The first-order valence-electron chi connectivity index (χ1n) is 9.27. The Balaban J connectivity index is 1.63. The van der Waals surface area contributed by atoms with Crippen LogP contribution in [0.4, 0.5) is 0 Å². The molecular weight excluding hydrogens is 366 g/mol. The fraction of sp³-hybridized carbons (Fsp3) is 0.182. The SMILES string of the molecule is CC(C)(C)c1ccc(C(=O)Nn2cnc3c(cnn3-c3ccccc3)c2=O)cc1. The van der Waals surface area contributed by atoms with E-state index in [9.17, 15) is 9.59 Å². The summed E-state index contributed by atoms with van der Waals surface area (Å²) < 4.78 is 2.67. The van der Waals surface area contributed by atoms with Crippen LogP contribution >= 0.6 is 0 Å². The molecule has 146 valence electrons. The highest BCUT2D eigenvalue weighted by Gasteiger charge is 2.16. The molecule has 0 saturated heterocycles. The lowest BCUT2D eigenvalue weighted by Crippen LogP contribution is -2.33. The van der Waals surface area contributed by atoms with E-state index in [0.29, 0.717) is 16.6 Å². The number of amides is 1. The van der Waals surface area contributed by atoms with Crippen molar-refractivity contribution < 1.29 is 4.79 Å². The van der Waals surface area contributed by atoms with E-state index in [1.54, 1.807) is 16.8 Å². The number of fused-ring (bicyclic) bond motifs is 1. The van der Waals surface area contributed by atoms with E-state index in [4.69, 9.17) is 0 Å². The van der Waals surface area contributed by atoms with E-state index in [2.05, 4.69) is 36.3 Å². The fourth-order valence-corrected chi connectivity index (χ4v) is 3.05. The van der Waals surface area contributed by atoms with Crippen LogP contribution in [-0.4, -0.2) is 25.3 Å². The average molecular weight is 387 g/mol. The van der Waals surface area contributed by atoms with Crippen molar-refractivity contribution in [2.45, 2.75) is 26.2 Å². The van der Waals surface area contributed by atoms with Gasteiger partial charge in [0.2, 0.25) is 0 Å². The molecule has 4 rings (SSSR count). The summed E-state index contributed by atoms with van der Waals surface area (Å²) in [6.45, 7) is 6.33.